The Labute approximate surface area is 214 Å². The van der Waals surface area contributed by atoms with Crippen LogP contribution in [0, 0.1) is 0 Å². The summed E-state index contributed by atoms with van der Waals surface area (Å²) in [4.78, 5) is 4.61. The molecule has 5 nitrogen and oxygen atoms in total. The summed E-state index contributed by atoms with van der Waals surface area (Å²) < 4.78 is 18.0. The molecule has 0 aliphatic heterocycles. The number of hydrogen-bond acceptors (Lipinski definition) is 6. The smallest absolute Gasteiger partial charge is 0.198 e. The van der Waals surface area contributed by atoms with E-state index in [2.05, 4.69) is 99.4 Å². The standard InChI is InChI=1S/C30H29N3O2S/c1-17(2)29-31-23-13-11-20(16-25(23)34-29)30(4,5)28-21-12-10-19(15-24(21)32-35-28)14-18(3)27-22-8-6-7-9-26(22)36-33-27/h6-13,15-18H,14H2,1-5H3. The fourth-order valence-corrected chi connectivity index (χ4v) is 5.87. The average Bonchev–Trinajstić information content (AvgIpc) is 3.59. The number of benzene rings is 3. The second-order valence-corrected chi connectivity index (χ2v) is 11.4. The first-order valence-electron chi connectivity index (χ1n) is 12.5. The van der Waals surface area contributed by atoms with Gasteiger partial charge in [0.1, 0.15) is 11.0 Å². The van der Waals surface area contributed by atoms with Gasteiger partial charge in [0.2, 0.25) is 0 Å². The van der Waals surface area contributed by atoms with Crippen LogP contribution in [0.3, 0.4) is 0 Å². The van der Waals surface area contributed by atoms with Gasteiger partial charge >= 0.3 is 0 Å². The Kier molecular flexibility index (Phi) is 5.45. The molecule has 0 saturated carbocycles. The zero-order valence-electron chi connectivity index (χ0n) is 21.2. The summed E-state index contributed by atoms with van der Waals surface area (Å²) in [5.41, 5.74) is 5.69. The largest absolute Gasteiger partial charge is 0.440 e. The lowest BCUT2D eigenvalue weighted by atomic mass is 9.80. The SMILES string of the molecule is CC(C)c1nc2ccc(C(C)(C)c3onc4cc(CC(C)c5nsc6ccccc56)ccc34)cc2o1. The van der Waals surface area contributed by atoms with Gasteiger partial charge in [0, 0.05) is 22.6 Å². The van der Waals surface area contributed by atoms with E-state index in [4.69, 9.17) is 13.3 Å². The molecule has 0 saturated heterocycles. The molecule has 0 aliphatic carbocycles. The lowest BCUT2D eigenvalue weighted by molar-refractivity contribution is 0.347. The highest BCUT2D eigenvalue weighted by Crippen LogP contribution is 2.38. The summed E-state index contributed by atoms with van der Waals surface area (Å²) >= 11 is 1.57. The number of nitrogens with zero attached hydrogens (tertiary/aromatic N) is 3. The van der Waals surface area contributed by atoms with Crippen LogP contribution in [0.25, 0.3) is 32.1 Å². The molecule has 6 aromatic rings. The van der Waals surface area contributed by atoms with Crippen molar-refractivity contribution in [3.63, 3.8) is 0 Å². The van der Waals surface area contributed by atoms with E-state index in [0.29, 0.717) is 5.92 Å². The van der Waals surface area contributed by atoms with Gasteiger partial charge in [0.25, 0.3) is 0 Å². The molecule has 0 spiro atoms. The normalized spacial score (nSPS) is 13.4. The Hall–Kier alpha value is -3.51. The van der Waals surface area contributed by atoms with Crippen LogP contribution in [0.5, 0.6) is 0 Å². The van der Waals surface area contributed by atoms with Crippen LogP contribution in [0.2, 0.25) is 0 Å². The highest BCUT2D eigenvalue weighted by molar-refractivity contribution is 7.13. The Balaban J connectivity index is 1.30. The van der Waals surface area contributed by atoms with E-state index < -0.39 is 0 Å². The van der Waals surface area contributed by atoms with Crippen molar-refractivity contribution in [3.8, 4) is 0 Å². The predicted octanol–water partition coefficient (Wildman–Crippen LogP) is 8.37. The Bertz CT molecular complexity index is 1710. The minimum atomic E-state index is -0.387. The van der Waals surface area contributed by atoms with Crippen LogP contribution in [-0.4, -0.2) is 14.5 Å². The Morgan fingerprint density at radius 1 is 0.917 bits per heavy atom. The number of fused-ring (bicyclic) bond motifs is 3. The van der Waals surface area contributed by atoms with Gasteiger partial charge in [-0.3, -0.25) is 0 Å². The molecule has 0 amide bonds. The molecule has 6 rings (SSSR count). The maximum absolute atomic E-state index is 6.02. The summed E-state index contributed by atoms with van der Waals surface area (Å²) in [5, 5.41) is 6.75. The van der Waals surface area contributed by atoms with E-state index in [1.165, 1.54) is 21.3 Å². The van der Waals surface area contributed by atoms with Crippen molar-refractivity contribution in [2.24, 2.45) is 0 Å². The molecule has 3 aromatic carbocycles. The summed E-state index contributed by atoms with van der Waals surface area (Å²) in [7, 11) is 0. The maximum Gasteiger partial charge on any atom is 0.198 e. The van der Waals surface area contributed by atoms with E-state index in [1.807, 2.05) is 6.07 Å². The van der Waals surface area contributed by atoms with E-state index in [-0.39, 0.29) is 11.3 Å². The van der Waals surface area contributed by atoms with Gasteiger partial charge in [-0.1, -0.05) is 56.3 Å². The van der Waals surface area contributed by atoms with Gasteiger partial charge in [-0.05, 0) is 73.3 Å². The van der Waals surface area contributed by atoms with Crippen LogP contribution in [0.1, 0.15) is 74.9 Å². The predicted molar refractivity (Wildman–Crippen MR) is 146 cm³/mol. The highest BCUT2D eigenvalue weighted by atomic mass is 32.1. The van der Waals surface area contributed by atoms with E-state index in [9.17, 15) is 0 Å². The monoisotopic (exact) mass is 495 g/mol. The summed E-state index contributed by atoms with van der Waals surface area (Å²) in [6.45, 7) is 10.7. The molecule has 0 bridgehead atoms. The van der Waals surface area contributed by atoms with Crippen molar-refractivity contribution in [2.45, 2.75) is 58.3 Å². The first-order valence-corrected chi connectivity index (χ1v) is 13.2. The van der Waals surface area contributed by atoms with Crippen molar-refractivity contribution in [1.82, 2.24) is 14.5 Å². The first-order chi connectivity index (χ1) is 17.3. The molecule has 0 radical (unpaired) electrons. The molecular formula is C30H29N3O2S. The van der Waals surface area contributed by atoms with Gasteiger partial charge in [-0.2, -0.15) is 4.37 Å². The molecule has 0 N–H and O–H groups in total. The van der Waals surface area contributed by atoms with Crippen LogP contribution in [-0.2, 0) is 11.8 Å². The third-order valence-corrected chi connectivity index (χ3v) is 7.98. The molecule has 1 atom stereocenters. The van der Waals surface area contributed by atoms with Gasteiger partial charge < -0.3 is 8.94 Å². The topological polar surface area (TPSA) is 65.0 Å². The zero-order valence-corrected chi connectivity index (χ0v) is 22.0. The molecule has 182 valence electrons. The van der Waals surface area contributed by atoms with Crippen LogP contribution >= 0.6 is 11.5 Å². The fraction of sp³-hybridized carbons (Fsp3) is 0.300. The van der Waals surface area contributed by atoms with Crippen molar-refractivity contribution in [2.75, 3.05) is 0 Å². The lowest BCUT2D eigenvalue weighted by Gasteiger charge is -2.22. The maximum atomic E-state index is 6.02. The molecular weight excluding hydrogens is 466 g/mol. The summed E-state index contributed by atoms with van der Waals surface area (Å²) in [5.74, 6) is 2.17. The highest BCUT2D eigenvalue weighted by Gasteiger charge is 2.31. The minimum absolute atomic E-state index is 0.248. The van der Waals surface area contributed by atoms with Gasteiger partial charge in [0.15, 0.2) is 17.2 Å². The van der Waals surface area contributed by atoms with Gasteiger partial charge in [-0.25, -0.2) is 4.98 Å². The molecule has 0 aliphatic rings. The number of rotatable bonds is 6. The van der Waals surface area contributed by atoms with Crippen molar-refractivity contribution < 1.29 is 8.94 Å². The van der Waals surface area contributed by atoms with Crippen molar-refractivity contribution in [1.29, 1.82) is 0 Å². The summed E-state index contributed by atoms with van der Waals surface area (Å²) in [6.07, 6.45) is 0.898. The third-order valence-electron chi connectivity index (χ3n) is 7.14. The Morgan fingerprint density at radius 3 is 2.58 bits per heavy atom. The first kappa shape index (κ1) is 22.9. The second kappa shape index (κ2) is 8.56. The molecule has 3 heterocycles. The molecule has 36 heavy (non-hydrogen) atoms. The molecule has 3 aromatic heterocycles. The quantitative estimate of drug-likeness (QED) is 0.232. The van der Waals surface area contributed by atoms with Crippen molar-refractivity contribution >= 4 is 43.6 Å². The lowest BCUT2D eigenvalue weighted by Crippen LogP contribution is -2.18. The Morgan fingerprint density at radius 2 is 1.75 bits per heavy atom. The molecule has 1 unspecified atom stereocenters. The average molecular weight is 496 g/mol. The zero-order chi connectivity index (χ0) is 25.0. The molecule has 0 fully saturated rings. The van der Waals surface area contributed by atoms with Gasteiger partial charge in [0.05, 0.1) is 15.8 Å². The van der Waals surface area contributed by atoms with E-state index >= 15 is 0 Å². The number of oxazole rings is 1. The number of aromatic nitrogens is 3. The van der Waals surface area contributed by atoms with Crippen molar-refractivity contribution in [3.05, 3.63) is 89.1 Å². The third kappa shape index (κ3) is 3.80. The van der Waals surface area contributed by atoms with E-state index in [0.717, 1.165) is 45.6 Å². The van der Waals surface area contributed by atoms with E-state index in [1.54, 1.807) is 11.5 Å². The number of hydrogen-bond donors (Lipinski definition) is 0. The minimum Gasteiger partial charge on any atom is -0.440 e. The van der Waals surface area contributed by atoms with Gasteiger partial charge in [-0.15, -0.1) is 0 Å². The second-order valence-electron chi connectivity index (χ2n) is 10.5. The summed E-state index contributed by atoms with van der Waals surface area (Å²) in [6, 6.07) is 21.2. The van der Waals surface area contributed by atoms with Crippen LogP contribution in [0.15, 0.2) is 69.6 Å². The molecule has 6 heteroatoms. The van der Waals surface area contributed by atoms with Crippen LogP contribution in [0.4, 0.5) is 0 Å². The fourth-order valence-electron chi connectivity index (χ4n) is 4.99. The van der Waals surface area contributed by atoms with Crippen LogP contribution < -0.4 is 0 Å².